The normalized spacial score (nSPS) is 10.5. The van der Waals surface area contributed by atoms with Crippen molar-refractivity contribution < 1.29 is 4.79 Å². The summed E-state index contributed by atoms with van der Waals surface area (Å²) >= 11 is 3.20. The fourth-order valence-electron chi connectivity index (χ4n) is 1.64. The number of nitrogens with zero attached hydrogens (tertiary/aromatic N) is 2. The summed E-state index contributed by atoms with van der Waals surface area (Å²) in [6.07, 6.45) is 0. The maximum Gasteiger partial charge on any atom is 0.272 e. The minimum Gasteiger partial charge on any atom is -0.346 e. The molecule has 5 heteroatoms. The molecule has 0 radical (unpaired) electrons. The van der Waals surface area contributed by atoms with E-state index in [2.05, 4.69) is 32.9 Å². The number of aromatic nitrogens is 2. The summed E-state index contributed by atoms with van der Waals surface area (Å²) in [6.45, 7) is 4.06. The Balaban J connectivity index is 2.35. The quantitative estimate of drug-likeness (QED) is 0.943. The lowest BCUT2D eigenvalue weighted by Gasteiger charge is -2.01. The van der Waals surface area contributed by atoms with Gasteiger partial charge in [-0.2, -0.15) is 5.10 Å². The molecule has 0 spiro atoms. The van der Waals surface area contributed by atoms with Crippen molar-refractivity contribution in [3.8, 4) is 0 Å². The number of rotatable bonds is 3. The highest BCUT2D eigenvalue weighted by molar-refractivity contribution is 9.11. The molecule has 0 saturated carbocycles. The average Bonchev–Trinajstić information content (AvgIpc) is 2.65. The molecule has 1 amide bonds. The standard InChI is InChI=1S/C12H12BrN3O/c1-8(13)7-14-12(17)11-9-5-3-4-6-10(9)16(2)15-11/h3-6H,1,7H2,2H3,(H,14,17). The summed E-state index contributed by atoms with van der Waals surface area (Å²) < 4.78 is 2.43. The van der Waals surface area contributed by atoms with Crippen molar-refractivity contribution >= 4 is 32.7 Å². The molecule has 1 aromatic carbocycles. The predicted octanol–water partition coefficient (Wildman–Crippen LogP) is 2.21. The number of para-hydroxylation sites is 1. The molecule has 1 N–H and O–H groups in total. The average molecular weight is 294 g/mol. The lowest BCUT2D eigenvalue weighted by Crippen LogP contribution is -2.25. The van der Waals surface area contributed by atoms with Gasteiger partial charge in [0.25, 0.3) is 5.91 Å². The largest absolute Gasteiger partial charge is 0.346 e. The Hall–Kier alpha value is -1.62. The van der Waals surface area contributed by atoms with Crippen molar-refractivity contribution in [3.63, 3.8) is 0 Å². The first-order valence-electron chi connectivity index (χ1n) is 5.13. The SMILES string of the molecule is C=C(Br)CNC(=O)c1nn(C)c2ccccc12. The van der Waals surface area contributed by atoms with Crippen molar-refractivity contribution in [1.29, 1.82) is 0 Å². The molecule has 0 aliphatic heterocycles. The summed E-state index contributed by atoms with van der Waals surface area (Å²) in [5.74, 6) is -0.192. The number of carbonyl (C=O) groups is 1. The van der Waals surface area contributed by atoms with Crippen LogP contribution in [0.2, 0.25) is 0 Å². The topological polar surface area (TPSA) is 46.9 Å². The summed E-state index contributed by atoms with van der Waals surface area (Å²) in [5, 5.41) is 7.82. The second-order valence-electron chi connectivity index (χ2n) is 3.69. The van der Waals surface area contributed by atoms with E-state index in [1.165, 1.54) is 0 Å². The monoisotopic (exact) mass is 293 g/mol. The highest BCUT2D eigenvalue weighted by Gasteiger charge is 2.14. The molecular formula is C12H12BrN3O. The number of carbonyl (C=O) groups excluding carboxylic acids is 1. The van der Waals surface area contributed by atoms with E-state index >= 15 is 0 Å². The minimum absolute atomic E-state index is 0.192. The van der Waals surface area contributed by atoms with E-state index in [4.69, 9.17) is 0 Å². The van der Waals surface area contributed by atoms with Crippen LogP contribution in [0.4, 0.5) is 0 Å². The van der Waals surface area contributed by atoms with E-state index in [-0.39, 0.29) is 5.91 Å². The van der Waals surface area contributed by atoms with Crippen LogP contribution in [-0.2, 0) is 7.05 Å². The van der Waals surface area contributed by atoms with Crippen LogP contribution in [0.15, 0.2) is 35.3 Å². The highest BCUT2D eigenvalue weighted by Crippen LogP contribution is 2.17. The zero-order valence-corrected chi connectivity index (χ0v) is 11.0. The zero-order chi connectivity index (χ0) is 12.4. The molecule has 0 aliphatic carbocycles. The van der Waals surface area contributed by atoms with Crippen molar-refractivity contribution in [2.75, 3.05) is 6.54 Å². The van der Waals surface area contributed by atoms with Gasteiger partial charge in [-0.05, 0) is 6.07 Å². The lowest BCUT2D eigenvalue weighted by molar-refractivity contribution is 0.0953. The third-order valence-corrected chi connectivity index (χ3v) is 2.69. The van der Waals surface area contributed by atoms with Gasteiger partial charge >= 0.3 is 0 Å². The lowest BCUT2D eigenvalue weighted by atomic mass is 10.2. The highest BCUT2D eigenvalue weighted by atomic mass is 79.9. The maximum atomic E-state index is 11.9. The van der Waals surface area contributed by atoms with Gasteiger partial charge in [-0.1, -0.05) is 40.7 Å². The van der Waals surface area contributed by atoms with Crippen LogP contribution in [0.25, 0.3) is 10.9 Å². The van der Waals surface area contributed by atoms with Crippen LogP contribution in [0.5, 0.6) is 0 Å². The molecule has 1 aromatic heterocycles. The molecule has 2 aromatic rings. The van der Waals surface area contributed by atoms with Gasteiger partial charge in [0.1, 0.15) is 0 Å². The molecule has 2 rings (SSSR count). The summed E-state index contributed by atoms with van der Waals surface area (Å²) in [4.78, 5) is 11.9. The molecule has 17 heavy (non-hydrogen) atoms. The third kappa shape index (κ3) is 2.39. The van der Waals surface area contributed by atoms with Crippen molar-refractivity contribution in [1.82, 2.24) is 15.1 Å². The number of fused-ring (bicyclic) bond motifs is 1. The van der Waals surface area contributed by atoms with E-state index in [9.17, 15) is 4.79 Å². The Kier molecular flexibility index (Phi) is 3.28. The predicted molar refractivity (Wildman–Crippen MR) is 71.1 cm³/mol. The van der Waals surface area contributed by atoms with E-state index < -0.39 is 0 Å². The van der Waals surface area contributed by atoms with Gasteiger partial charge < -0.3 is 5.32 Å². The Morgan fingerprint density at radius 3 is 2.94 bits per heavy atom. The Morgan fingerprint density at radius 1 is 1.53 bits per heavy atom. The van der Waals surface area contributed by atoms with Crippen LogP contribution in [0.1, 0.15) is 10.5 Å². The van der Waals surface area contributed by atoms with Gasteiger partial charge in [0.15, 0.2) is 5.69 Å². The number of benzene rings is 1. The van der Waals surface area contributed by atoms with Gasteiger partial charge in [0.2, 0.25) is 0 Å². The molecule has 0 saturated heterocycles. The smallest absolute Gasteiger partial charge is 0.272 e. The summed E-state index contributed by atoms with van der Waals surface area (Å²) in [5.41, 5.74) is 1.38. The van der Waals surface area contributed by atoms with E-state index in [0.717, 1.165) is 15.4 Å². The van der Waals surface area contributed by atoms with Gasteiger partial charge in [-0.15, -0.1) is 0 Å². The van der Waals surface area contributed by atoms with Crippen molar-refractivity contribution in [2.24, 2.45) is 7.05 Å². The fraction of sp³-hybridized carbons (Fsp3) is 0.167. The van der Waals surface area contributed by atoms with Crippen LogP contribution < -0.4 is 5.32 Å². The molecular weight excluding hydrogens is 282 g/mol. The van der Waals surface area contributed by atoms with Gasteiger partial charge in [0, 0.05) is 23.5 Å². The Bertz CT molecular complexity index is 588. The summed E-state index contributed by atoms with van der Waals surface area (Å²) in [7, 11) is 1.82. The zero-order valence-electron chi connectivity index (χ0n) is 9.40. The molecule has 4 nitrogen and oxygen atoms in total. The second-order valence-corrected chi connectivity index (χ2v) is 4.81. The molecule has 0 unspecified atom stereocenters. The molecule has 1 heterocycles. The van der Waals surface area contributed by atoms with E-state index in [1.54, 1.807) is 4.68 Å². The van der Waals surface area contributed by atoms with Crippen LogP contribution >= 0.6 is 15.9 Å². The number of hydrogen-bond acceptors (Lipinski definition) is 2. The van der Waals surface area contributed by atoms with E-state index in [0.29, 0.717) is 12.2 Å². The van der Waals surface area contributed by atoms with Crippen molar-refractivity contribution in [2.45, 2.75) is 0 Å². The molecule has 0 aliphatic rings. The molecule has 0 bridgehead atoms. The third-order valence-electron chi connectivity index (χ3n) is 2.41. The first-order chi connectivity index (χ1) is 8.09. The van der Waals surface area contributed by atoms with Gasteiger partial charge in [-0.25, -0.2) is 0 Å². The van der Waals surface area contributed by atoms with Gasteiger partial charge in [0.05, 0.1) is 5.52 Å². The number of halogens is 1. The second kappa shape index (κ2) is 4.71. The number of amides is 1. The molecule has 0 fully saturated rings. The van der Waals surface area contributed by atoms with Crippen LogP contribution in [-0.4, -0.2) is 22.2 Å². The minimum atomic E-state index is -0.192. The fourth-order valence-corrected chi connectivity index (χ4v) is 1.78. The van der Waals surface area contributed by atoms with E-state index in [1.807, 2.05) is 31.3 Å². The van der Waals surface area contributed by atoms with Crippen molar-refractivity contribution in [3.05, 3.63) is 41.0 Å². The maximum absolute atomic E-state index is 11.9. The Labute approximate surface area is 107 Å². The number of aryl methyl sites for hydroxylation is 1. The first kappa shape index (κ1) is 11.9. The van der Waals surface area contributed by atoms with Crippen LogP contribution in [0, 0.1) is 0 Å². The summed E-state index contributed by atoms with van der Waals surface area (Å²) in [6, 6.07) is 7.64. The number of hydrogen-bond donors (Lipinski definition) is 1. The first-order valence-corrected chi connectivity index (χ1v) is 5.92. The van der Waals surface area contributed by atoms with Crippen LogP contribution in [0.3, 0.4) is 0 Å². The molecule has 0 atom stereocenters. The Morgan fingerprint density at radius 2 is 2.24 bits per heavy atom. The van der Waals surface area contributed by atoms with Gasteiger partial charge in [-0.3, -0.25) is 9.48 Å². The molecule has 88 valence electrons. The number of nitrogens with one attached hydrogen (secondary N) is 1.